The van der Waals surface area contributed by atoms with Crippen molar-refractivity contribution in [1.29, 1.82) is 0 Å². The number of hydrogen-bond acceptors (Lipinski definition) is 7. The molecular formula is C20H19ClN6O5S. The van der Waals surface area contributed by atoms with Crippen molar-refractivity contribution < 1.29 is 14.3 Å². The highest BCUT2D eigenvalue weighted by atomic mass is 35.5. The monoisotopic (exact) mass is 490 g/mol. The molecule has 33 heavy (non-hydrogen) atoms. The minimum absolute atomic E-state index is 0.116. The van der Waals surface area contributed by atoms with E-state index >= 15 is 0 Å². The summed E-state index contributed by atoms with van der Waals surface area (Å²) < 4.78 is 10.9. The van der Waals surface area contributed by atoms with Crippen molar-refractivity contribution in [2.24, 2.45) is 19.1 Å². The van der Waals surface area contributed by atoms with E-state index in [1.54, 1.807) is 29.7 Å². The van der Waals surface area contributed by atoms with Crippen molar-refractivity contribution in [3.05, 3.63) is 55.2 Å². The van der Waals surface area contributed by atoms with Crippen LogP contribution in [0.4, 0.5) is 0 Å². The maximum absolute atomic E-state index is 12.8. The van der Waals surface area contributed by atoms with Crippen LogP contribution in [-0.2, 0) is 41.5 Å². The van der Waals surface area contributed by atoms with Crippen LogP contribution in [0.25, 0.3) is 21.4 Å². The minimum Gasteiger partial charge on any atom is -0.465 e. The Labute approximate surface area is 194 Å². The van der Waals surface area contributed by atoms with Gasteiger partial charge in [-0.2, -0.15) is 4.99 Å². The van der Waals surface area contributed by atoms with Crippen molar-refractivity contribution in [3.63, 3.8) is 0 Å². The first-order valence-corrected chi connectivity index (χ1v) is 11.0. The Kier molecular flexibility index (Phi) is 6.04. The number of esters is 1. The number of benzene rings is 1. The highest BCUT2D eigenvalue weighted by Gasteiger charge is 2.17. The Balaban J connectivity index is 1.78. The average molecular weight is 491 g/mol. The highest BCUT2D eigenvalue weighted by molar-refractivity contribution is 7.16. The molecule has 0 aliphatic carbocycles. The van der Waals surface area contributed by atoms with Crippen molar-refractivity contribution in [2.75, 3.05) is 6.61 Å². The van der Waals surface area contributed by atoms with E-state index in [0.717, 1.165) is 9.27 Å². The molecule has 4 aromatic rings. The van der Waals surface area contributed by atoms with Gasteiger partial charge in [0, 0.05) is 19.1 Å². The molecule has 0 aliphatic heterocycles. The molecule has 0 radical (unpaired) electrons. The summed E-state index contributed by atoms with van der Waals surface area (Å²) in [6, 6.07) is 5.15. The summed E-state index contributed by atoms with van der Waals surface area (Å²) in [6.07, 6.45) is 1.32. The number of carbonyl (C=O) groups is 2. The van der Waals surface area contributed by atoms with Gasteiger partial charge in [-0.15, -0.1) is 0 Å². The summed E-state index contributed by atoms with van der Waals surface area (Å²) >= 11 is 7.29. The Bertz CT molecular complexity index is 1610. The van der Waals surface area contributed by atoms with Crippen molar-refractivity contribution in [2.45, 2.75) is 20.0 Å². The maximum atomic E-state index is 12.8. The summed E-state index contributed by atoms with van der Waals surface area (Å²) in [7, 11) is 2.85. The fourth-order valence-electron chi connectivity index (χ4n) is 3.43. The number of amides is 1. The molecule has 0 bridgehead atoms. The zero-order valence-corrected chi connectivity index (χ0v) is 19.5. The van der Waals surface area contributed by atoms with E-state index in [2.05, 4.69) is 9.98 Å². The van der Waals surface area contributed by atoms with Gasteiger partial charge in [-0.05, 0) is 25.1 Å². The second-order valence-corrected chi connectivity index (χ2v) is 8.59. The molecule has 1 aromatic carbocycles. The smallest absolute Gasteiger partial charge is 0.332 e. The Morgan fingerprint density at radius 2 is 1.94 bits per heavy atom. The molecule has 172 valence electrons. The average Bonchev–Trinajstić information content (AvgIpc) is 3.32. The van der Waals surface area contributed by atoms with E-state index in [4.69, 9.17) is 16.3 Å². The molecule has 4 rings (SSSR count). The van der Waals surface area contributed by atoms with Gasteiger partial charge in [-0.25, -0.2) is 9.78 Å². The molecule has 0 spiro atoms. The highest BCUT2D eigenvalue weighted by Crippen LogP contribution is 2.22. The lowest BCUT2D eigenvalue weighted by Gasteiger charge is -2.06. The molecule has 11 nitrogen and oxygen atoms in total. The van der Waals surface area contributed by atoms with Gasteiger partial charge >= 0.3 is 11.7 Å². The minimum atomic E-state index is -0.569. The molecule has 0 N–H and O–H groups in total. The number of hydrogen-bond donors (Lipinski definition) is 0. The lowest BCUT2D eigenvalue weighted by atomic mass is 10.3. The van der Waals surface area contributed by atoms with Gasteiger partial charge in [-0.1, -0.05) is 22.9 Å². The summed E-state index contributed by atoms with van der Waals surface area (Å²) in [4.78, 5) is 58.2. The number of nitrogens with zero attached hydrogens (tertiary/aromatic N) is 6. The van der Waals surface area contributed by atoms with E-state index in [0.29, 0.717) is 10.5 Å². The molecular weight excluding hydrogens is 472 g/mol. The number of fused-ring (bicyclic) bond motifs is 2. The van der Waals surface area contributed by atoms with Crippen LogP contribution < -0.4 is 16.1 Å². The molecule has 0 saturated carbocycles. The van der Waals surface area contributed by atoms with Crippen LogP contribution >= 0.6 is 22.9 Å². The zero-order chi connectivity index (χ0) is 23.9. The largest absolute Gasteiger partial charge is 0.465 e. The first kappa shape index (κ1) is 22.7. The number of carbonyl (C=O) groups excluding carboxylic acids is 2. The second-order valence-electron chi connectivity index (χ2n) is 7.14. The summed E-state index contributed by atoms with van der Waals surface area (Å²) in [5, 5.41) is 0.510. The molecule has 1 amide bonds. The number of aryl methyl sites for hydroxylation is 1. The fraction of sp³-hybridized carbons (Fsp3) is 0.300. The van der Waals surface area contributed by atoms with E-state index in [1.807, 2.05) is 0 Å². The molecule has 3 aromatic heterocycles. The normalized spacial score (nSPS) is 12.1. The van der Waals surface area contributed by atoms with Gasteiger partial charge in [-0.3, -0.25) is 23.5 Å². The molecule has 0 fully saturated rings. The Morgan fingerprint density at radius 3 is 2.67 bits per heavy atom. The quantitative estimate of drug-likeness (QED) is 0.381. The van der Waals surface area contributed by atoms with Crippen LogP contribution in [-0.4, -0.2) is 41.7 Å². The van der Waals surface area contributed by atoms with Gasteiger partial charge in [0.1, 0.15) is 13.1 Å². The number of imidazole rings is 1. The van der Waals surface area contributed by atoms with Crippen LogP contribution in [0.2, 0.25) is 5.02 Å². The first-order valence-electron chi connectivity index (χ1n) is 9.84. The molecule has 0 unspecified atom stereocenters. The topological polar surface area (TPSA) is 122 Å². The molecule has 0 saturated heterocycles. The van der Waals surface area contributed by atoms with E-state index in [1.165, 1.54) is 40.9 Å². The van der Waals surface area contributed by atoms with E-state index in [9.17, 15) is 19.2 Å². The van der Waals surface area contributed by atoms with Gasteiger partial charge in [0.2, 0.25) is 0 Å². The van der Waals surface area contributed by atoms with Crippen molar-refractivity contribution >= 4 is 56.2 Å². The summed E-state index contributed by atoms with van der Waals surface area (Å²) in [5.41, 5.74) is -0.110. The number of rotatable bonds is 5. The van der Waals surface area contributed by atoms with Gasteiger partial charge in [0.25, 0.3) is 11.5 Å². The third kappa shape index (κ3) is 4.14. The molecule has 0 aliphatic rings. The molecule has 0 atom stereocenters. The van der Waals surface area contributed by atoms with Crippen LogP contribution in [0.5, 0.6) is 0 Å². The number of thiazole rings is 1. The van der Waals surface area contributed by atoms with Crippen molar-refractivity contribution in [3.8, 4) is 0 Å². The maximum Gasteiger partial charge on any atom is 0.332 e. The fourth-order valence-corrected chi connectivity index (χ4v) is 4.75. The third-order valence-corrected chi connectivity index (χ3v) is 6.26. The first-order chi connectivity index (χ1) is 15.7. The number of ether oxygens (including phenoxy) is 1. The third-order valence-electron chi connectivity index (χ3n) is 4.98. The van der Waals surface area contributed by atoms with Gasteiger partial charge in [0.05, 0.1) is 23.2 Å². The van der Waals surface area contributed by atoms with Crippen LogP contribution in [0.3, 0.4) is 0 Å². The lowest BCUT2D eigenvalue weighted by molar-refractivity contribution is -0.143. The molecule has 13 heteroatoms. The van der Waals surface area contributed by atoms with Gasteiger partial charge in [0.15, 0.2) is 16.0 Å². The Hall–Kier alpha value is -3.51. The zero-order valence-electron chi connectivity index (χ0n) is 17.9. The molecule has 3 heterocycles. The van der Waals surface area contributed by atoms with E-state index < -0.39 is 23.1 Å². The van der Waals surface area contributed by atoms with E-state index in [-0.39, 0.29) is 35.7 Å². The van der Waals surface area contributed by atoms with Gasteiger partial charge < -0.3 is 13.9 Å². The Morgan fingerprint density at radius 1 is 1.18 bits per heavy atom. The predicted molar refractivity (Wildman–Crippen MR) is 122 cm³/mol. The van der Waals surface area contributed by atoms with Crippen molar-refractivity contribution in [1.82, 2.24) is 23.3 Å². The lowest BCUT2D eigenvalue weighted by Crippen LogP contribution is -2.37. The summed E-state index contributed by atoms with van der Waals surface area (Å²) in [6.45, 7) is 1.53. The van der Waals surface area contributed by atoms with Crippen LogP contribution in [0, 0.1) is 0 Å². The van der Waals surface area contributed by atoms with Crippen LogP contribution in [0.1, 0.15) is 6.92 Å². The summed E-state index contributed by atoms with van der Waals surface area (Å²) in [5.74, 6) is -1.04. The SMILES string of the molecule is CCOC(=O)Cn1c(=NC(=O)Cn2cnc3c2c(=O)n(C)c(=O)n3C)sc2cc(Cl)ccc21. The van der Waals surface area contributed by atoms with Crippen LogP contribution in [0.15, 0.2) is 39.1 Å². The number of halogens is 1. The second kappa shape index (κ2) is 8.79. The standard InChI is InChI=1S/C20H19ClN6O5S/c1-4-32-15(29)9-27-12-6-5-11(21)7-13(12)33-19(27)23-14(28)8-26-10-22-17-16(26)18(30)25(3)20(31)24(17)2/h5-7,10H,4,8-9H2,1-3H3. The number of aromatic nitrogens is 5. The predicted octanol–water partition coefficient (Wildman–Crippen LogP) is 0.794.